The number of amides is 2. The van der Waals surface area contributed by atoms with E-state index in [1.165, 1.54) is 43.3 Å². The number of benzene rings is 2. The van der Waals surface area contributed by atoms with Crippen LogP contribution in [-0.2, 0) is 16.9 Å². The van der Waals surface area contributed by atoms with E-state index in [2.05, 4.69) is 20.7 Å². The summed E-state index contributed by atoms with van der Waals surface area (Å²) in [5.74, 6) is -2.52. The van der Waals surface area contributed by atoms with Crippen LogP contribution in [0, 0.1) is 11.6 Å². The van der Waals surface area contributed by atoms with E-state index < -0.39 is 29.2 Å². The van der Waals surface area contributed by atoms with Crippen molar-refractivity contribution < 1.29 is 23.5 Å². The fourth-order valence-electron chi connectivity index (χ4n) is 3.16. The van der Waals surface area contributed by atoms with Crippen LogP contribution in [0.4, 0.5) is 14.5 Å². The van der Waals surface area contributed by atoms with Gasteiger partial charge < -0.3 is 15.7 Å². The highest BCUT2D eigenvalue weighted by Crippen LogP contribution is 2.30. The van der Waals surface area contributed by atoms with Crippen molar-refractivity contribution in [3.63, 3.8) is 0 Å². The molecule has 0 saturated heterocycles. The van der Waals surface area contributed by atoms with Gasteiger partial charge in [0.1, 0.15) is 29.9 Å². The molecule has 31 heavy (non-hydrogen) atoms. The summed E-state index contributed by atoms with van der Waals surface area (Å²) in [6.45, 7) is 2.63. The van der Waals surface area contributed by atoms with E-state index >= 15 is 0 Å². The van der Waals surface area contributed by atoms with Crippen molar-refractivity contribution in [1.82, 2.24) is 20.1 Å². The fraction of sp³-hybridized carbons (Fsp3) is 0.238. The molecule has 0 bridgehead atoms. The molecule has 1 aromatic heterocycles. The lowest BCUT2D eigenvalue weighted by atomic mass is 9.86. The van der Waals surface area contributed by atoms with Crippen LogP contribution >= 0.6 is 0 Å². The third kappa shape index (κ3) is 5.10. The summed E-state index contributed by atoms with van der Waals surface area (Å²) in [7, 11) is 0. The zero-order chi connectivity index (χ0) is 22.6. The Bertz CT molecular complexity index is 1070. The number of carbonyl (C=O) groups is 2. The van der Waals surface area contributed by atoms with Gasteiger partial charge in [-0.25, -0.2) is 18.4 Å². The Morgan fingerprint density at radius 3 is 2.48 bits per heavy atom. The highest BCUT2D eigenvalue weighted by Gasteiger charge is 2.40. The summed E-state index contributed by atoms with van der Waals surface area (Å²) < 4.78 is 29.2. The van der Waals surface area contributed by atoms with Crippen LogP contribution in [-0.4, -0.2) is 37.7 Å². The van der Waals surface area contributed by atoms with Crippen LogP contribution in [0.5, 0.6) is 0 Å². The first-order valence-electron chi connectivity index (χ1n) is 9.38. The minimum atomic E-state index is -1.96. The molecule has 0 saturated carbocycles. The molecule has 0 radical (unpaired) electrons. The van der Waals surface area contributed by atoms with Gasteiger partial charge in [0, 0.05) is 29.8 Å². The third-order valence-corrected chi connectivity index (χ3v) is 4.80. The molecule has 1 heterocycles. The lowest BCUT2D eigenvalue weighted by Gasteiger charge is -2.35. The Morgan fingerprint density at radius 1 is 1.19 bits per heavy atom. The highest BCUT2D eigenvalue weighted by atomic mass is 19.1. The van der Waals surface area contributed by atoms with E-state index in [9.17, 15) is 23.5 Å². The smallest absolute Gasteiger partial charge is 0.251 e. The van der Waals surface area contributed by atoms with E-state index in [1.807, 2.05) is 0 Å². The Kier molecular flexibility index (Phi) is 6.40. The molecule has 0 aliphatic carbocycles. The molecule has 3 aromatic rings. The molecule has 0 aliphatic heterocycles. The molecule has 2 unspecified atom stereocenters. The van der Waals surface area contributed by atoms with Gasteiger partial charge in [0.25, 0.3) is 5.91 Å². The van der Waals surface area contributed by atoms with Crippen molar-refractivity contribution in [2.75, 3.05) is 5.32 Å². The summed E-state index contributed by atoms with van der Waals surface area (Å²) in [5, 5.41) is 20.6. The third-order valence-electron chi connectivity index (χ3n) is 4.80. The number of hydrogen-bond acceptors (Lipinski definition) is 5. The number of halogens is 2. The molecule has 162 valence electrons. The fourth-order valence-corrected chi connectivity index (χ4v) is 3.16. The predicted octanol–water partition coefficient (Wildman–Crippen LogP) is 2.22. The SMILES string of the molecule is CC(=O)Nc1ccc(C(=O)NC(C)C(O)(Cn2cncn2)c2ccc(F)cc2F)cc1. The van der Waals surface area contributed by atoms with Crippen LogP contribution in [0.25, 0.3) is 0 Å². The molecule has 8 nitrogen and oxygen atoms in total. The van der Waals surface area contributed by atoms with Crippen molar-refractivity contribution in [2.45, 2.75) is 32.0 Å². The van der Waals surface area contributed by atoms with E-state index in [1.54, 1.807) is 12.1 Å². The monoisotopic (exact) mass is 429 g/mol. The number of aliphatic hydroxyl groups is 1. The number of nitrogens with zero attached hydrogens (tertiary/aromatic N) is 3. The molecule has 2 amide bonds. The lowest BCUT2D eigenvalue weighted by Crippen LogP contribution is -2.51. The van der Waals surface area contributed by atoms with Crippen LogP contribution in [0.1, 0.15) is 29.8 Å². The van der Waals surface area contributed by atoms with Crippen LogP contribution in [0.3, 0.4) is 0 Å². The maximum absolute atomic E-state index is 14.6. The summed E-state index contributed by atoms with van der Waals surface area (Å²) in [4.78, 5) is 27.6. The Labute approximate surface area is 176 Å². The number of carbonyl (C=O) groups excluding carboxylic acids is 2. The van der Waals surface area contributed by atoms with Crippen LogP contribution < -0.4 is 10.6 Å². The molecular weight excluding hydrogens is 408 g/mol. The molecule has 3 N–H and O–H groups in total. The van der Waals surface area contributed by atoms with E-state index in [0.717, 1.165) is 12.1 Å². The van der Waals surface area contributed by atoms with Crippen molar-refractivity contribution >= 4 is 17.5 Å². The summed E-state index contributed by atoms with van der Waals surface area (Å²) in [5.41, 5.74) is -1.37. The molecule has 2 atom stereocenters. The minimum absolute atomic E-state index is 0.196. The van der Waals surface area contributed by atoms with E-state index in [0.29, 0.717) is 11.8 Å². The zero-order valence-corrected chi connectivity index (χ0v) is 16.8. The Hall–Kier alpha value is -3.66. The van der Waals surface area contributed by atoms with Crippen LogP contribution in [0.2, 0.25) is 0 Å². The lowest BCUT2D eigenvalue weighted by molar-refractivity contribution is -0.114. The first kappa shape index (κ1) is 22.0. The van der Waals surface area contributed by atoms with Crippen molar-refractivity contribution in [2.24, 2.45) is 0 Å². The quantitative estimate of drug-likeness (QED) is 0.534. The molecule has 3 rings (SSSR count). The van der Waals surface area contributed by atoms with Gasteiger partial charge in [-0.05, 0) is 37.3 Å². The number of aromatic nitrogens is 3. The second-order valence-corrected chi connectivity index (χ2v) is 7.10. The van der Waals surface area contributed by atoms with Gasteiger partial charge >= 0.3 is 0 Å². The largest absolute Gasteiger partial charge is 0.381 e. The molecule has 2 aromatic carbocycles. The van der Waals surface area contributed by atoms with Crippen molar-refractivity contribution in [3.05, 3.63) is 77.9 Å². The maximum atomic E-state index is 14.6. The van der Waals surface area contributed by atoms with Gasteiger partial charge in [0.15, 0.2) is 0 Å². The second kappa shape index (κ2) is 9.00. The second-order valence-electron chi connectivity index (χ2n) is 7.10. The van der Waals surface area contributed by atoms with Gasteiger partial charge in [-0.1, -0.05) is 6.07 Å². The Morgan fingerprint density at radius 2 is 1.90 bits per heavy atom. The van der Waals surface area contributed by atoms with Crippen molar-refractivity contribution in [1.29, 1.82) is 0 Å². The first-order valence-corrected chi connectivity index (χ1v) is 9.38. The number of rotatable bonds is 7. The van der Waals surface area contributed by atoms with E-state index in [-0.39, 0.29) is 23.6 Å². The van der Waals surface area contributed by atoms with Gasteiger partial charge in [0.2, 0.25) is 5.91 Å². The predicted molar refractivity (Wildman–Crippen MR) is 108 cm³/mol. The molecule has 0 spiro atoms. The van der Waals surface area contributed by atoms with E-state index in [4.69, 9.17) is 0 Å². The average Bonchev–Trinajstić information content (AvgIpc) is 3.20. The molecule has 0 fully saturated rings. The molecule has 10 heteroatoms. The van der Waals surface area contributed by atoms with Crippen LogP contribution in [0.15, 0.2) is 55.1 Å². The normalized spacial score (nSPS) is 13.8. The summed E-state index contributed by atoms with van der Waals surface area (Å²) >= 11 is 0. The van der Waals surface area contributed by atoms with Crippen molar-refractivity contribution in [3.8, 4) is 0 Å². The summed E-state index contributed by atoms with van der Waals surface area (Å²) in [6.07, 6.45) is 2.59. The highest BCUT2D eigenvalue weighted by molar-refractivity contribution is 5.95. The minimum Gasteiger partial charge on any atom is -0.381 e. The molecular formula is C21H21F2N5O3. The van der Waals surface area contributed by atoms with Gasteiger partial charge in [-0.3, -0.25) is 9.59 Å². The molecule has 0 aliphatic rings. The first-order chi connectivity index (χ1) is 14.7. The van der Waals surface area contributed by atoms with Gasteiger partial charge in [-0.2, -0.15) is 5.10 Å². The standard InChI is InChI=1S/C21H21F2N5O3/c1-13(26-20(30)15-3-6-17(7-4-15)27-14(2)29)21(31,10-28-12-24-11-25-28)18-8-5-16(22)9-19(18)23/h3-9,11-13,31H,10H2,1-2H3,(H,26,30)(H,27,29). The zero-order valence-electron chi connectivity index (χ0n) is 16.8. The topological polar surface area (TPSA) is 109 Å². The maximum Gasteiger partial charge on any atom is 0.251 e. The average molecular weight is 429 g/mol. The van der Waals surface area contributed by atoms with Gasteiger partial charge in [-0.15, -0.1) is 0 Å². The number of anilines is 1. The Balaban J connectivity index is 1.86. The number of nitrogens with one attached hydrogen (secondary N) is 2. The van der Waals surface area contributed by atoms with Gasteiger partial charge in [0.05, 0.1) is 12.6 Å². The summed E-state index contributed by atoms with van der Waals surface area (Å²) in [6, 6.07) is 7.94. The number of hydrogen-bond donors (Lipinski definition) is 3.